The molecule has 74 valence electrons. The van der Waals surface area contributed by atoms with Crippen LogP contribution in [-0.4, -0.2) is 11.5 Å². The van der Waals surface area contributed by atoms with Gasteiger partial charge in [-0.05, 0) is 19.1 Å². The Bertz CT molecular complexity index is 360. The van der Waals surface area contributed by atoms with Gasteiger partial charge in [0.05, 0.1) is 17.1 Å². The maximum Gasteiger partial charge on any atom is 0.318 e. The van der Waals surface area contributed by atoms with Crippen LogP contribution in [0.5, 0.6) is 5.75 Å². The minimum absolute atomic E-state index is 0.0237. The SMILES string of the molecule is C=Cc1cccc(OCC)c1[N+](=O)[O-]. The Balaban J connectivity index is 3.27. The quantitative estimate of drug-likeness (QED) is 0.545. The molecule has 4 nitrogen and oxygen atoms in total. The van der Waals surface area contributed by atoms with Crippen molar-refractivity contribution in [2.75, 3.05) is 6.61 Å². The summed E-state index contributed by atoms with van der Waals surface area (Å²) in [5, 5.41) is 10.8. The maximum atomic E-state index is 10.8. The van der Waals surface area contributed by atoms with E-state index < -0.39 is 4.92 Å². The molecule has 0 aliphatic carbocycles. The van der Waals surface area contributed by atoms with Crippen molar-refractivity contribution in [3.05, 3.63) is 40.5 Å². The normalized spacial score (nSPS) is 9.50. The molecule has 0 saturated heterocycles. The lowest BCUT2D eigenvalue weighted by Gasteiger charge is -2.05. The van der Waals surface area contributed by atoms with E-state index in [1.165, 1.54) is 6.08 Å². The Morgan fingerprint density at radius 1 is 1.64 bits per heavy atom. The molecular weight excluding hydrogens is 182 g/mol. The van der Waals surface area contributed by atoms with Gasteiger partial charge in [-0.1, -0.05) is 18.7 Å². The molecule has 0 N–H and O–H groups in total. The van der Waals surface area contributed by atoms with Gasteiger partial charge < -0.3 is 4.74 Å². The lowest BCUT2D eigenvalue weighted by Crippen LogP contribution is -1.98. The molecule has 0 atom stereocenters. The second-order valence-electron chi connectivity index (χ2n) is 2.59. The van der Waals surface area contributed by atoms with Crippen LogP contribution in [0.15, 0.2) is 24.8 Å². The molecule has 0 aliphatic rings. The summed E-state index contributed by atoms with van der Waals surface area (Å²) in [5.41, 5.74) is 0.449. The van der Waals surface area contributed by atoms with Crippen LogP contribution in [0.1, 0.15) is 12.5 Å². The largest absolute Gasteiger partial charge is 0.487 e. The second kappa shape index (κ2) is 4.41. The van der Waals surface area contributed by atoms with Gasteiger partial charge in [-0.2, -0.15) is 0 Å². The summed E-state index contributed by atoms with van der Waals surface area (Å²) >= 11 is 0. The highest BCUT2D eigenvalue weighted by molar-refractivity contribution is 5.65. The van der Waals surface area contributed by atoms with Crippen molar-refractivity contribution in [2.24, 2.45) is 0 Å². The first-order valence-electron chi connectivity index (χ1n) is 4.23. The average molecular weight is 193 g/mol. The fourth-order valence-electron chi connectivity index (χ4n) is 1.17. The number of nitro groups is 1. The summed E-state index contributed by atoms with van der Waals surface area (Å²) in [6.07, 6.45) is 1.45. The molecule has 1 rings (SSSR count). The van der Waals surface area contributed by atoms with E-state index in [-0.39, 0.29) is 11.4 Å². The van der Waals surface area contributed by atoms with Crippen LogP contribution in [0.4, 0.5) is 5.69 Å². The molecule has 0 bridgehead atoms. The average Bonchev–Trinajstić information content (AvgIpc) is 2.17. The molecule has 0 fully saturated rings. The lowest BCUT2D eigenvalue weighted by molar-refractivity contribution is -0.386. The summed E-state index contributed by atoms with van der Waals surface area (Å²) in [5.74, 6) is 0.287. The van der Waals surface area contributed by atoms with Crippen molar-refractivity contribution in [3.8, 4) is 5.75 Å². The van der Waals surface area contributed by atoms with Crippen LogP contribution in [0.25, 0.3) is 6.08 Å². The van der Waals surface area contributed by atoms with Gasteiger partial charge in [0, 0.05) is 0 Å². The van der Waals surface area contributed by atoms with Gasteiger partial charge in [0.15, 0.2) is 5.75 Å². The molecule has 0 amide bonds. The van der Waals surface area contributed by atoms with Gasteiger partial charge in [0.2, 0.25) is 0 Å². The van der Waals surface area contributed by atoms with Crippen molar-refractivity contribution < 1.29 is 9.66 Å². The Morgan fingerprint density at radius 3 is 2.86 bits per heavy atom. The number of nitrogens with zero attached hydrogens (tertiary/aromatic N) is 1. The Labute approximate surface area is 82.0 Å². The summed E-state index contributed by atoms with van der Waals surface area (Å²) < 4.78 is 5.15. The molecule has 0 spiro atoms. The lowest BCUT2D eigenvalue weighted by atomic mass is 10.1. The second-order valence-corrected chi connectivity index (χ2v) is 2.59. The summed E-state index contributed by atoms with van der Waals surface area (Å²) in [4.78, 5) is 10.3. The predicted octanol–water partition coefficient (Wildman–Crippen LogP) is 2.64. The number of benzene rings is 1. The van der Waals surface area contributed by atoms with Gasteiger partial charge in [-0.25, -0.2) is 0 Å². The van der Waals surface area contributed by atoms with Crippen molar-refractivity contribution in [3.63, 3.8) is 0 Å². The number of nitro benzene ring substituents is 1. The number of hydrogen-bond donors (Lipinski definition) is 0. The minimum atomic E-state index is -0.456. The molecule has 0 saturated carbocycles. The molecule has 0 aromatic heterocycles. The molecule has 0 radical (unpaired) electrons. The molecule has 1 aromatic rings. The molecule has 14 heavy (non-hydrogen) atoms. The smallest absolute Gasteiger partial charge is 0.318 e. The summed E-state index contributed by atoms with van der Waals surface area (Å²) in [7, 11) is 0. The number of hydrogen-bond acceptors (Lipinski definition) is 3. The van der Waals surface area contributed by atoms with E-state index in [1.54, 1.807) is 25.1 Å². The first-order valence-corrected chi connectivity index (χ1v) is 4.23. The zero-order chi connectivity index (χ0) is 10.6. The molecule has 0 aliphatic heterocycles. The summed E-state index contributed by atoms with van der Waals surface area (Å²) in [6.45, 7) is 5.70. The van der Waals surface area contributed by atoms with E-state index in [4.69, 9.17) is 4.74 Å². The van der Waals surface area contributed by atoms with E-state index in [1.807, 2.05) is 0 Å². The molecule has 0 unspecified atom stereocenters. The van der Waals surface area contributed by atoms with Crippen LogP contribution in [0, 0.1) is 10.1 Å². The van der Waals surface area contributed by atoms with Crippen molar-refractivity contribution in [1.82, 2.24) is 0 Å². The van der Waals surface area contributed by atoms with Crippen LogP contribution in [0.3, 0.4) is 0 Å². The van der Waals surface area contributed by atoms with Crippen molar-refractivity contribution in [2.45, 2.75) is 6.92 Å². The van der Waals surface area contributed by atoms with E-state index in [9.17, 15) is 10.1 Å². The van der Waals surface area contributed by atoms with Crippen LogP contribution >= 0.6 is 0 Å². The van der Waals surface area contributed by atoms with Gasteiger partial charge in [0.25, 0.3) is 0 Å². The Morgan fingerprint density at radius 2 is 2.36 bits per heavy atom. The highest BCUT2D eigenvalue weighted by Crippen LogP contribution is 2.31. The van der Waals surface area contributed by atoms with E-state index >= 15 is 0 Å². The van der Waals surface area contributed by atoms with E-state index in [0.717, 1.165) is 0 Å². The van der Waals surface area contributed by atoms with Gasteiger partial charge >= 0.3 is 5.69 Å². The first-order chi connectivity index (χ1) is 6.70. The monoisotopic (exact) mass is 193 g/mol. The standard InChI is InChI=1S/C10H11NO3/c1-3-8-6-5-7-9(14-4-2)10(8)11(12)13/h3,5-7H,1,4H2,2H3. The number of rotatable bonds is 4. The van der Waals surface area contributed by atoms with Gasteiger partial charge in [-0.15, -0.1) is 0 Å². The third-order valence-electron chi connectivity index (χ3n) is 1.73. The van der Waals surface area contributed by atoms with Crippen molar-refractivity contribution in [1.29, 1.82) is 0 Å². The first kappa shape index (κ1) is 10.2. The minimum Gasteiger partial charge on any atom is -0.487 e. The fourth-order valence-corrected chi connectivity index (χ4v) is 1.17. The topological polar surface area (TPSA) is 52.4 Å². The third kappa shape index (κ3) is 1.90. The van der Waals surface area contributed by atoms with Crippen LogP contribution in [-0.2, 0) is 0 Å². The predicted molar refractivity (Wildman–Crippen MR) is 54.4 cm³/mol. The van der Waals surface area contributed by atoms with E-state index in [2.05, 4.69) is 6.58 Å². The summed E-state index contributed by atoms with van der Waals surface area (Å²) in [6, 6.07) is 4.91. The van der Waals surface area contributed by atoms with Crippen molar-refractivity contribution >= 4 is 11.8 Å². The fraction of sp³-hybridized carbons (Fsp3) is 0.200. The third-order valence-corrected chi connectivity index (χ3v) is 1.73. The highest BCUT2D eigenvalue weighted by Gasteiger charge is 2.18. The Kier molecular flexibility index (Phi) is 3.23. The number of ether oxygens (including phenoxy) is 1. The van der Waals surface area contributed by atoms with Gasteiger partial charge in [-0.3, -0.25) is 10.1 Å². The highest BCUT2D eigenvalue weighted by atomic mass is 16.6. The maximum absolute atomic E-state index is 10.8. The number of para-hydroxylation sites is 1. The Hall–Kier alpha value is -1.84. The van der Waals surface area contributed by atoms with Gasteiger partial charge in [0.1, 0.15) is 0 Å². The van der Waals surface area contributed by atoms with E-state index in [0.29, 0.717) is 12.2 Å². The zero-order valence-corrected chi connectivity index (χ0v) is 7.90. The van der Waals surface area contributed by atoms with Crippen LogP contribution < -0.4 is 4.74 Å². The molecule has 1 aromatic carbocycles. The van der Waals surface area contributed by atoms with Crippen LogP contribution in [0.2, 0.25) is 0 Å². The molecule has 4 heteroatoms. The molecule has 0 heterocycles. The zero-order valence-electron chi connectivity index (χ0n) is 7.90. The molecular formula is C10H11NO3.